The van der Waals surface area contributed by atoms with Gasteiger partial charge >= 0.3 is 15.6 Å². The van der Waals surface area contributed by atoms with E-state index in [0.29, 0.717) is 0 Å². The molecule has 24 heavy (non-hydrogen) atoms. The third kappa shape index (κ3) is 2.33. The van der Waals surface area contributed by atoms with Gasteiger partial charge in [-0.3, -0.25) is 9.59 Å². The molecule has 0 aromatic carbocycles. The van der Waals surface area contributed by atoms with Crippen LogP contribution in [-0.2, 0) is 10.1 Å². The number of alkyl halides is 3. The van der Waals surface area contributed by atoms with Gasteiger partial charge in [0.25, 0.3) is 5.69 Å². The van der Waals surface area contributed by atoms with Crippen LogP contribution in [0.25, 0.3) is 11.4 Å². The van der Waals surface area contributed by atoms with E-state index >= 15 is 0 Å². The maximum Gasteiger partial charge on any atom is 0.540 e. The number of nitrogens with zero attached hydrogens (tertiary/aromatic N) is 2. The number of halogens is 3. The first-order chi connectivity index (χ1) is 11.1. The summed E-state index contributed by atoms with van der Waals surface area (Å²) in [4.78, 5) is 27.9. The minimum Gasteiger partial charge on any atom is -0.285 e. The van der Waals surface area contributed by atoms with Crippen LogP contribution in [0.5, 0.6) is 0 Å². The summed E-state index contributed by atoms with van der Waals surface area (Å²) in [5.41, 5.74) is -6.65. The van der Waals surface area contributed by atoms with E-state index in [1.807, 2.05) is 0 Å². The van der Waals surface area contributed by atoms with Crippen LogP contribution in [0, 0.1) is 0 Å². The van der Waals surface area contributed by atoms with Crippen molar-refractivity contribution >= 4 is 21.7 Å². The first-order valence-electron chi connectivity index (χ1n) is 6.24. The lowest BCUT2D eigenvalue weighted by molar-refractivity contribution is -0.848. The molecule has 0 unspecified atom stereocenters. The monoisotopic (exact) mass is 359 g/mol. The first kappa shape index (κ1) is 16.1. The number of aromatic nitrogens is 2. The van der Waals surface area contributed by atoms with Crippen LogP contribution in [0.2, 0.25) is 0 Å². The average Bonchev–Trinajstić information content (AvgIpc) is 2.51. The van der Waals surface area contributed by atoms with E-state index in [9.17, 15) is 31.2 Å². The van der Waals surface area contributed by atoms with Gasteiger partial charge in [-0.2, -0.15) is 21.6 Å². The third-order valence-electron chi connectivity index (χ3n) is 3.15. The Labute approximate surface area is 132 Å². The van der Waals surface area contributed by atoms with Crippen LogP contribution in [0.3, 0.4) is 0 Å². The molecule has 124 valence electrons. The Balaban J connectivity index is 2.25. The lowest BCUT2D eigenvalue weighted by Gasteiger charge is -2.13. The summed E-state index contributed by atoms with van der Waals surface area (Å²) in [5, 5.41) is 0. The number of ketones is 2. The summed E-state index contributed by atoms with van der Waals surface area (Å²) in [6.07, 6.45) is 2.10. The standard InChI is InChI=1S/C13H6F3N2O5S/c14-13(15,16)24(21,22)23-18-6-2-4-8-10(18)9-7(3-1-5-17-9)11(19)12(8)20/h1-6H/q+1. The lowest BCUT2D eigenvalue weighted by Crippen LogP contribution is -2.52. The molecule has 1 aliphatic rings. The van der Waals surface area contributed by atoms with E-state index in [2.05, 4.69) is 9.27 Å². The topological polar surface area (TPSA) is 94.3 Å². The molecule has 0 saturated heterocycles. The Hall–Kier alpha value is -2.82. The van der Waals surface area contributed by atoms with E-state index < -0.39 is 27.2 Å². The smallest absolute Gasteiger partial charge is 0.285 e. The van der Waals surface area contributed by atoms with Crippen LogP contribution >= 0.6 is 0 Å². The van der Waals surface area contributed by atoms with Crippen molar-refractivity contribution in [2.75, 3.05) is 0 Å². The lowest BCUT2D eigenvalue weighted by atomic mass is 9.90. The SMILES string of the molecule is O=C1C(=O)c2ccc[n+](OS(=O)(=O)C(F)(F)F)c2-c2ncccc21. The Morgan fingerprint density at radius 2 is 1.67 bits per heavy atom. The molecule has 0 saturated carbocycles. The summed E-state index contributed by atoms with van der Waals surface area (Å²) < 4.78 is 64.3. The predicted molar refractivity (Wildman–Crippen MR) is 70.1 cm³/mol. The zero-order valence-electron chi connectivity index (χ0n) is 11.4. The number of Topliss-reactive ketones (excluding diaryl/α,β-unsaturated/α-hetero) is 2. The predicted octanol–water partition coefficient (Wildman–Crippen LogP) is 0.693. The molecule has 2 aromatic heterocycles. The highest BCUT2D eigenvalue weighted by molar-refractivity contribution is 7.87. The number of hydrogen-bond acceptors (Lipinski definition) is 6. The van der Waals surface area contributed by atoms with Crippen LogP contribution in [0.1, 0.15) is 20.7 Å². The van der Waals surface area contributed by atoms with Gasteiger partial charge in [0, 0.05) is 17.0 Å². The van der Waals surface area contributed by atoms with E-state index in [4.69, 9.17) is 0 Å². The van der Waals surface area contributed by atoms with Gasteiger partial charge in [0.15, 0.2) is 5.69 Å². The summed E-state index contributed by atoms with van der Waals surface area (Å²) in [6, 6.07) is 4.84. The fourth-order valence-electron chi connectivity index (χ4n) is 2.14. The molecule has 0 N–H and O–H groups in total. The molecule has 0 radical (unpaired) electrons. The van der Waals surface area contributed by atoms with Gasteiger partial charge < -0.3 is 0 Å². The Morgan fingerprint density at radius 1 is 1.04 bits per heavy atom. The van der Waals surface area contributed by atoms with Crippen molar-refractivity contribution in [2.45, 2.75) is 5.51 Å². The van der Waals surface area contributed by atoms with Crippen LogP contribution in [0.4, 0.5) is 13.2 Å². The van der Waals surface area contributed by atoms with Crippen molar-refractivity contribution in [3.8, 4) is 11.4 Å². The quantitative estimate of drug-likeness (QED) is 0.445. The number of pyridine rings is 2. The molecule has 3 rings (SSSR count). The number of carbonyl (C=O) groups excluding carboxylic acids is 2. The van der Waals surface area contributed by atoms with Crippen molar-refractivity contribution < 1.29 is 40.2 Å². The Morgan fingerprint density at radius 3 is 2.33 bits per heavy atom. The molecule has 2 heterocycles. The van der Waals surface area contributed by atoms with E-state index in [0.717, 1.165) is 18.3 Å². The maximum atomic E-state index is 12.5. The normalized spacial score (nSPS) is 14.1. The molecule has 0 fully saturated rings. The maximum absolute atomic E-state index is 12.5. The zero-order valence-corrected chi connectivity index (χ0v) is 12.3. The van der Waals surface area contributed by atoms with Crippen molar-refractivity contribution in [3.63, 3.8) is 0 Å². The first-order valence-corrected chi connectivity index (χ1v) is 7.64. The van der Waals surface area contributed by atoms with Crippen LogP contribution in [-0.4, -0.2) is 30.5 Å². The highest BCUT2D eigenvalue weighted by atomic mass is 32.2. The van der Waals surface area contributed by atoms with Gasteiger partial charge in [0.1, 0.15) is 5.56 Å². The van der Waals surface area contributed by atoms with Crippen LogP contribution in [0.15, 0.2) is 36.7 Å². The number of rotatable bonds is 2. The zero-order chi connectivity index (χ0) is 17.7. The van der Waals surface area contributed by atoms with Gasteiger partial charge in [-0.1, -0.05) is 0 Å². The number of carbonyl (C=O) groups is 2. The second-order valence-corrected chi connectivity index (χ2v) is 6.15. The molecule has 7 nitrogen and oxygen atoms in total. The highest BCUT2D eigenvalue weighted by Crippen LogP contribution is 2.29. The van der Waals surface area contributed by atoms with Crippen LogP contribution < -0.4 is 9.01 Å². The molecule has 0 bridgehead atoms. The Kier molecular flexibility index (Phi) is 3.41. The summed E-state index contributed by atoms with van der Waals surface area (Å²) >= 11 is 0. The number of hydrogen-bond donors (Lipinski definition) is 0. The second-order valence-electron chi connectivity index (χ2n) is 4.63. The molecular weight excluding hydrogens is 353 g/mol. The second kappa shape index (κ2) is 5.09. The van der Waals surface area contributed by atoms with E-state index in [-0.39, 0.29) is 27.2 Å². The fourth-order valence-corrected chi connectivity index (χ4v) is 2.56. The summed E-state index contributed by atoms with van der Waals surface area (Å²) in [6.45, 7) is 0. The van der Waals surface area contributed by atoms with Gasteiger partial charge in [-0.25, -0.2) is 4.98 Å². The summed E-state index contributed by atoms with van der Waals surface area (Å²) in [5.74, 6) is -1.91. The molecule has 0 spiro atoms. The minimum atomic E-state index is -5.98. The van der Waals surface area contributed by atoms with Crippen molar-refractivity contribution in [3.05, 3.63) is 47.8 Å². The van der Waals surface area contributed by atoms with Gasteiger partial charge in [-0.15, -0.1) is 4.28 Å². The average molecular weight is 359 g/mol. The molecule has 1 aliphatic carbocycles. The van der Waals surface area contributed by atoms with Crippen molar-refractivity contribution in [1.82, 2.24) is 4.98 Å². The molecule has 0 atom stereocenters. The van der Waals surface area contributed by atoms with Crippen molar-refractivity contribution in [2.24, 2.45) is 0 Å². The largest absolute Gasteiger partial charge is 0.540 e. The van der Waals surface area contributed by atoms with E-state index in [1.54, 1.807) is 0 Å². The molecule has 11 heteroatoms. The molecule has 0 amide bonds. The molecule has 0 aliphatic heterocycles. The summed E-state index contributed by atoms with van der Waals surface area (Å²) in [7, 11) is -5.98. The van der Waals surface area contributed by atoms with Gasteiger partial charge in [0.2, 0.25) is 17.8 Å². The van der Waals surface area contributed by atoms with Gasteiger partial charge in [-0.05, 0) is 18.2 Å². The fraction of sp³-hybridized carbons (Fsp3) is 0.0769. The van der Waals surface area contributed by atoms with Crippen molar-refractivity contribution in [1.29, 1.82) is 0 Å². The molecule has 2 aromatic rings. The highest BCUT2D eigenvalue weighted by Gasteiger charge is 2.53. The molecular formula is C13H6F3N2O5S+. The minimum absolute atomic E-state index is 0.157. The van der Waals surface area contributed by atoms with Gasteiger partial charge in [0.05, 0.1) is 5.56 Å². The third-order valence-corrected chi connectivity index (χ3v) is 4.07. The van der Waals surface area contributed by atoms with E-state index in [1.165, 1.54) is 18.3 Å². The number of fused-ring (bicyclic) bond motifs is 3. The Bertz CT molecular complexity index is 985.